The Morgan fingerprint density at radius 3 is 2.33 bits per heavy atom. The number of carbonyl (C=O) groups is 1. The molecule has 4 aromatic carbocycles. The minimum atomic E-state index is -0.605. The standard InChI is InChI=1S/C35H38N2O3/c38-33(26-40-34-17-8-3-9-18-34)25-37(24-27-11-4-1-5-12-27)32-16-10-15-29-20-19-28(21-31(29)22-32)23-36-35(39)30-13-6-2-7-14-30/h1-9,11-14,17-21,32-33,38H,10,15-16,22-26H2,(H,36,39)/t32?,33-/m0/s1. The molecule has 2 atom stereocenters. The summed E-state index contributed by atoms with van der Waals surface area (Å²) in [6.07, 6.45) is 3.51. The maximum absolute atomic E-state index is 12.6. The molecule has 0 fully saturated rings. The Kier molecular flexibility index (Phi) is 9.62. The van der Waals surface area contributed by atoms with Gasteiger partial charge < -0.3 is 15.2 Å². The fraction of sp³-hybridized carbons (Fsp3) is 0.286. The van der Waals surface area contributed by atoms with Gasteiger partial charge in [-0.25, -0.2) is 0 Å². The van der Waals surface area contributed by atoms with Crippen LogP contribution in [0.1, 0.15) is 45.5 Å². The minimum Gasteiger partial charge on any atom is -0.491 e. The zero-order valence-corrected chi connectivity index (χ0v) is 22.9. The Balaban J connectivity index is 1.28. The van der Waals surface area contributed by atoms with E-state index in [0.717, 1.165) is 43.5 Å². The molecule has 206 valence electrons. The van der Waals surface area contributed by atoms with Gasteiger partial charge in [-0.05, 0) is 72.2 Å². The van der Waals surface area contributed by atoms with Crippen molar-refractivity contribution in [2.24, 2.45) is 0 Å². The second-order valence-electron chi connectivity index (χ2n) is 10.6. The van der Waals surface area contributed by atoms with Gasteiger partial charge in [0, 0.05) is 31.2 Å². The number of ether oxygens (including phenoxy) is 1. The molecule has 0 saturated heterocycles. The second-order valence-corrected chi connectivity index (χ2v) is 10.6. The van der Waals surface area contributed by atoms with Crippen molar-refractivity contribution < 1.29 is 14.6 Å². The summed E-state index contributed by atoms with van der Waals surface area (Å²) in [4.78, 5) is 15.0. The topological polar surface area (TPSA) is 61.8 Å². The lowest BCUT2D eigenvalue weighted by Crippen LogP contribution is -2.42. The zero-order chi connectivity index (χ0) is 27.6. The molecule has 1 aliphatic rings. The van der Waals surface area contributed by atoms with Crippen molar-refractivity contribution in [3.63, 3.8) is 0 Å². The number of rotatable bonds is 11. The van der Waals surface area contributed by atoms with E-state index in [4.69, 9.17) is 4.74 Å². The Morgan fingerprint density at radius 2 is 1.57 bits per heavy atom. The number of nitrogens with zero attached hydrogens (tertiary/aromatic N) is 1. The first-order chi connectivity index (χ1) is 19.6. The molecule has 40 heavy (non-hydrogen) atoms. The van der Waals surface area contributed by atoms with Crippen molar-refractivity contribution in [3.8, 4) is 5.75 Å². The highest BCUT2D eigenvalue weighted by atomic mass is 16.5. The first-order valence-electron chi connectivity index (χ1n) is 14.2. The predicted octanol–water partition coefficient (Wildman–Crippen LogP) is 5.81. The molecule has 4 aromatic rings. The monoisotopic (exact) mass is 534 g/mol. The highest BCUT2D eigenvalue weighted by Crippen LogP contribution is 2.26. The highest BCUT2D eigenvalue weighted by molar-refractivity contribution is 5.94. The number of hydrogen-bond donors (Lipinski definition) is 2. The van der Waals surface area contributed by atoms with Crippen LogP contribution in [0.15, 0.2) is 109 Å². The zero-order valence-electron chi connectivity index (χ0n) is 22.9. The summed E-state index contributed by atoms with van der Waals surface area (Å²) in [5.41, 5.74) is 5.73. The lowest BCUT2D eigenvalue weighted by molar-refractivity contribution is 0.0463. The van der Waals surface area contributed by atoms with E-state index in [1.165, 1.54) is 16.7 Å². The third kappa shape index (κ3) is 7.81. The molecule has 0 heterocycles. The molecule has 0 bridgehead atoms. The van der Waals surface area contributed by atoms with Gasteiger partial charge in [0.05, 0.1) is 0 Å². The molecule has 0 radical (unpaired) electrons. The summed E-state index contributed by atoms with van der Waals surface area (Å²) >= 11 is 0. The van der Waals surface area contributed by atoms with Crippen LogP contribution in [0.3, 0.4) is 0 Å². The molecule has 2 N–H and O–H groups in total. The quantitative estimate of drug-likeness (QED) is 0.239. The molecule has 0 spiro atoms. The van der Waals surface area contributed by atoms with Crippen LogP contribution in [0.2, 0.25) is 0 Å². The Hall–Kier alpha value is -3.93. The van der Waals surface area contributed by atoms with E-state index in [2.05, 4.69) is 52.7 Å². The van der Waals surface area contributed by atoms with E-state index in [1.54, 1.807) is 0 Å². The van der Waals surface area contributed by atoms with Crippen LogP contribution in [0.4, 0.5) is 0 Å². The number of nitrogens with one attached hydrogen (secondary N) is 1. The molecule has 1 unspecified atom stereocenters. The van der Waals surface area contributed by atoms with Crippen LogP contribution >= 0.6 is 0 Å². The number of aliphatic hydroxyl groups is 1. The van der Waals surface area contributed by atoms with Gasteiger partial charge in [0.15, 0.2) is 0 Å². The smallest absolute Gasteiger partial charge is 0.251 e. The maximum atomic E-state index is 12.6. The van der Waals surface area contributed by atoms with Gasteiger partial charge in [0.1, 0.15) is 18.5 Å². The second kappa shape index (κ2) is 13.9. The lowest BCUT2D eigenvalue weighted by atomic mass is 9.97. The van der Waals surface area contributed by atoms with Gasteiger partial charge in [-0.1, -0.05) is 84.9 Å². The predicted molar refractivity (Wildman–Crippen MR) is 159 cm³/mol. The number of para-hydroxylation sites is 1. The molecule has 1 aliphatic carbocycles. The van der Waals surface area contributed by atoms with Crippen molar-refractivity contribution in [1.82, 2.24) is 10.2 Å². The fourth-order valence-electron chi connectivity index (χ4n) is 5.49. The van der Waals surface area contributed by atoms with Crippen molar-refractivity contribution in [2.45, 2.75) is 50.9 Å². The number of amides is 1. The molecule has 1 amide bonds. The summed E-state index contributed by atoms with van der Waals surface area (Å²) in [5, 5.41) is 14.1. The van der Waals surface area contributed by atoms with Gasteiger partial charge >= 0.3 is 0 Å². The average Bonchev–Trinajstić information content (AvgIpc) is 3.22. The van der Waals surface area contributed by atoms with Crippen LogP contribution in [-0.4, -0.2) is 41.2 Å². The lowest BCUT2D eigenvalue weighted by Gasteiger charge is -2.33. The SMILES string of the molecule is O=C(NCc1ccc2c(c1)CC(N(Cc1ccccc1)C[C@H](O)COc1ccccc1)CCC2)c1ccccc1. The summed E-state index contributed by atoms with van der Waals surface area (Å²) in [6, 6.07) is 36.4. The largest absolute Gasteiger partial charge is 0.491 e. The van der Waals surface area contributed by atoms with E-state index in [1.807, 2.05) is 66.7 Å². The van der Waals surface area contributed by atoms with E-state index in [9.17, 15) is 9.90 Å². The number of aliphatic hydroxyl groups excluding tert-OH is 1. The summed E-state index contributed by atoms with van der Waals surface area (Å²) in [7, 11) is 0. The number of benzene rings is 4. The molecule has 5 rings (SSSR count). The molecule has 0 saturated carbocycles. The molecule has 0 aliphatic heterocycles. The summed E-state index contributed by atoms with van der Waals surface area (Å²) < 4.78 is 5.87. The summed E-state index contributed by atoms with van der Waals surface area (Å²) in [5.74, 6) is 0.709. The Bertz CT molecular complexity index is 1350. The van der Waals surface area contributed by atoms with Gasteiger partial charge in [0.2, 0.25) is 0 Å². The first-order valence-corrected chi connectivity index (χ1v) is 14.2. The minimum absolute atomic E-state index is 0.0610. The third-order valence-electron chi connectivity index (χ3n) is 7.57. The van der Waals surface area contributed by atoms with E-state index >= 15 is 0 Å². The van der Waals surface area contributed by atoms with Crippen molar-refractivity contribution in [3.05, 3.63) is 137 Å². The van der Waals surface area contributed by atoms with Gasteiger partial charge in [0.25, 0.3) is 5.91 Å². The number of fused-ring (bicyclic) bond motifs is 1. The average molecular weight is 535 g/mol. The molecule has 5 nitrogen and oxygen atoms in total. The van der Waals surface area contributed by atoms with E-state index < -0.39 is 6.10 Å². The molecular weight excluding hydrogens is 496 g/mol. The molecular formula is C35H38N2O3. The number of aryl methyl sites for hydroxylation is 1. The number of hydrogen-bond acceptors (Lipinski definition) is 4. The third-order valence-corrected chi connectivity index (χ3v) is 7.57. The van der Waals surface area contributed by atoms with Crippen LogP contribution < -0.4 is 10.1 Å². The van der Waals surface area contributed by atoms with Gasteiger partial charge in [-0.2, -0.15) is 0 Å². The Morgan fingerprint density at radius 1 is 0.875 bits per heavy atom. The fourth-order valence-corrected chi connectivity index (χ4v) is 5.49. The van der Waals surface area contributed by atoms with E-state index in [-0.39, 0.29) is 12.5 Å². The number of carbonyl (C=O) groups excluding carboxylic acids is 1. The van der Waals surface area contributed by atoms with Crippen LogP contribution in [0, 0.1) is 0 Å². The molecule has 0 aromatic heterocycles. The normalized spacial score (nSPS) is 15.6. The van der Waals surface area contributed by atoms with Crippen molar-refractivity contribution >= 4 is 5.91 Å². The van der Waals surface area contributed by atoms with Crippen LogP contribution in [0.5, 0.6) is 5.75 Å². The van der Waals surface area contributed by atoms with E-state index in [0.29, 0.717) is 24.7 Å². The van der Waals surface area contributed by atoms with Crippen molar-refractivity contribution in [2.75, 3.05) is 13.2 Å². The Labute approximate surface area is 237 Å². The van der Waals surface area contributed by atoms with Gasteiger partial charge in [-0.3, -0.25) is 9.69 Å². The van der Waals surface area contributed by atoms with Crippen LogP contribution in [-0.2, 0) is 25.9 Å². The summed E-state index contributed by atoms with van der Waals surface area (Å²) in [6.45, 7) is 2.06. The highest BCUT2D eigenvalue weighted by Gasteiger charge is 2.25. The van der Waals surface area contributed by atoms with Crippen LogP contribution in [0.25, 0.3) is 0 Å². The maximum Gasteiger partial charge on any atom is 0.251 e. The van der Waals surface area contributed by atoms with Crippen molar-refractivity contribution in [1.29, 1.82) is 0 Å². The first kappa shape index (κ1) is 27.6. The molecule has 5 heteroatoms. The van der Waals surface area contributed by atoms with Gasteiger partial charge in [-0.15, -0.1) is 0 Å².